The third kappa shape index (κ3) is 5.94. The molecule has 0 unspecified atom stereocenters. The Kier molecular flexibility index (Phi) is 7.83. The second kappa shape index (κ2) is 9.89. The third-order valence-electron chi connectivity index (χ3n) is 4.30. The van der Waals surface area contributed by atoms with E-state index in [1.165, 1.54) is 11.8 Å². The standard InChI is InChI=1S/C20H24ClN3O3S/c1-11-6-7-15(21)10-17(11)24-19(26)14(4)27-18(25)9-8-16-12(2)22-20(28-5)23-13(16)3/h6-7,10,14H,8-9H2,1-5H3,(H,24,26)/t14-/m1/s1. The normalized spacial score (nSPS) is 11.8. The highest BCUT2D eigenvalue weighted by Gasteiger charge is 2.19. The second-order valence-corrected chi connectivity index (χ2v) is 7.65. The Morgan fingerprint density at radius 3 is 2.46 bits per heavy atom. The number of anilines is 1. The van der Waals surface area contributed by atoms with Gasteiger partial charge in [-0.1, -0.05) is 29.4 Å². The van der Waals surface area contributed by atoms with Crippen LogP contribution in [0.1, 0.15) is 35.9 Å². The Morgan fingerprint density at radius 2 is 1.86 bits per heavy atom. The van der Waals surface area contributed by atoms with Gasteiger partial charge >= 0.3 is 5.97 Å². The van der Waals surface area contributed by atoms with E-state index in [0.717, 1.165) is 22.5 Å². The van der Waals surface area contributed by atoms with Crippen LogP contribution in [0.25, 0.3) is 0 Å². The molecule has 150 valence electrons. The fourth-order valence-corrected chi connectivity index (χ4v) is 3.29. The van der Waals surface area contributed by atoms with Gasteiger partial charge in [-0.25, -0.2) is 9.97 Å². The number of hydrogen-bond donors (Lipinski definition) is 1. The maximum Gasteiger partial charge on any atom is 0.306 e. The zero-order chi connectivity index (χ0) is 20.8. The van der Waals surface area contributed by atoms with Crippen molar-refractivity contribution in [3.8, 4) is 0 Å². The van der Waals surface area contributed by atoms with Gasteiger partial charge in [-0.3, -0.25) is 9.59 Å². The summed E-state index contributed by atoms with van der Waals surface area (Å²) in [7, 11) is 0. The molecule has 8 heteroatoms. The minimum absolute atomic E-state index is 0.150. The van der Waals surface area contributed by atoms with Crippen molar-refractivity contribution < 1.29 is 14.3 Å². The summed E-state index contributed by atoms with van der Waals surface area (Å²) in [5.74, 6) is -0.850. The van der Waals surface area contributed by atoms with Crippen LogP contribution in [0.5, 0.6) is 0 Å². The Labute approximate surface area is 174 Å². The molecule has 0 aliphatic carbocycles. The van der Waals surface area contributed by atoms with Gasteiger partial charge in [-0.15, -0.1) is 0 Å². The smallest absolute Gasteiger partial charge is 0.306 e. The maximum atomic E-state index is 12.3. The lowest BCUT2D eigenvalue weighted by molar-refractivity contribution is -0.153. The molecule has 1 heterocycles. The predicted octanol–water partition coefficient (Wildman–Crippen LogP) is 4.28. The van der Waals surface area contributed by atoms with Gasteiger partial charge in [0.15, 0.2) is 11.3 Å². The minimum atomic E-state index is -0.914. The number of thioether (sulfide) groups is 1. The topological polar surface area (TPSA) is 81.2 Å². The fourth-order valence-electron chi connectivity index (χ4n) is 2.66. The van der Waals surface area contributed by atoms with Gasteiger partial charge in [0.2, 0.25) is 0 Å². The quantitative estimate of drug-likeness (QED) is 0.408. The van der Waals surface area contributed by atoms with E-state index in [1.54, 1.807) is 19.1 Å². The summed E-state index contributed by atoms with van der Waals surface area (Å²) in [4.78, 5) is 33.3. The molecule has 28 heavy (non-hydrogen) atoms. The maximum absolute atomic E-state index is 12.3. The number of carbonyl (C=O) groups is 2. The van der Waals surface area contributed by atoms with Crippen LogP contribution in [0.2, 0.25) is 5.02 Å². The van der Waals surface area contributed by atoms with E-state index in [0.29, 0.717) is 22.3 Å². The van der Waals surface area contributed by atoms with Crippen LogP contribution in [-0.4, -0.2) is 34.2 Å². The van der Waals surface area contributed by atoms with Crippen molar-refractivity contribution in [2.24, 2.45) is 0 Å². The summed E-state index contributed by atoms with van der Waals surface area (Å²) < 4.78 is 5.27. The van der Waals surface area contributed by atoms with E-state index < -0.39 is 18.0 Å². The molecule has 0 fully saturated rings. The summed E-state index contributed by atoms with van der Waals surface area (Å²) in [6.07, 6.45) is 1.62. The highest BCUT2D eigenvalue weighted by atomic mass is 35.5. The van der Waals surface area contributed by atoms with Crippen LogP contribution in [-0.2, 0) is 20.7 Å². The number of aromatic nitrogens is 2. The van der Waals surface area contributed by atoms with Gasteiger partial charge in [-0.2, -0.15) is 0 Å². The molecule has 1 N–H and O–H groups in total. The molecule has 1 aromatic heterocycles. The van der Waals surface area contributed by atoms with Gasteiger partial charge in [0, 0.05) is 28.5 Å². The number of nitrogens with one attached hydrogen (secondary N) is 1. The van der Waals surface area contributed by atoms with E-state index in [9.17, 15) is 9.59 Å². The lowest BCUT2D eigenvalue weighted by atomic mass is 10.1. The number of benzene rings is 1. The van der Waals surface area contributed by atoms with E-state index in [1.807, 2.05) is 33.1 Å². The van der Waals surface area contributed by atoms with Crippen LogP contribution in [0.4, 0.5) is 5.69 Å². The Bertz CT molecular complexity index is 866. The molecule has 2 aromatic rings. The van der Waals surface area contributed by atoms with Gasteiger partial charge in [0.1, 0.15) is 0 Å². The lowest BCUT2D eigenvalue weighted by Crippen LogP contribution is -2.30. The zero-order valence-corrected chi connectivity index (χ0v) is 18.2. The molecule has 1 atom stereocenters. The summed E-state index contributed by atoms with van der Waals surface area (Å²) in [6.45, 7) is 7.20. The first-order valence-corrected chi connectivity index (χ1v) is 10.5. The highest BCUT2D eigenvalue weighted by Crippen LogP contribution is 2.21. The first-order chi connectivity index (χ1) is 13.2. The van der Waals surface area contributed by atoms with E-state index in [4.69, 9.17) is 16.3 Å². The van der Waals surface area contributed by atoms with Crippen molar-refractivity contribution in [1.82, 2.24) is 9.97 Å². The number of hydrogen-bond acceptors (Lipinski definition) is 6. The van der Waals surface area contributed by atoms with Gasteiger partial charge < -0.3 is 10.1 Å². The number of ether oxygens (including phenoxy) is 1. The number of aryl methyl sites for hydroxylation is 3. The van der Waals surface area contributed by atoms with E-state index in [2.05, 4.69) is 15.3 Å². The van der Waals surface area contributed by atoms with Crippen LogP contribution in [0, 0.1) is 20.8 Å². The number of esters is 1. The fraction of sp³-hybridized carbons (Fsp3) is 0.400. The minimum Gasteiger partial charge on any atom is -0.453 e. The number of amides is 1. The molecule has 6 nitrogen and oxygen atoms in total. The molecule has 0 radical (unpaired) electrons. The molecule has 0 spiro atoms. The van der Waals surface area contributed by atoms with Gasteiger partial charge in [0.05, 0.1) is 0 Å². The molecule has 0 bridgehead atoms. The van der Waals surface area contributed by atoms with Gasteiger partial charge in [-0.05, 0) is 63.6 Å². The van der Waals surface area contributed by atoms with Crippen LogP contribution >= 0.6 is 23.4 Å². The monoisotopic (exact) mass is 421 g/mol. The average molecular weight is 422 g/mol. The first kappa shape index (κ1) is 22.2. The number of rotatable bonds is 7. The predicted molar refractivity (Wildman–Crippen MR) is 112 cm³/mol. The van der Waals surface area contributed by atoms with Crippen molar-refractivity contribution in [3.63, 3.8) is 0 Å². The van der Waals surface area contributed by atoms with Crippen LogP contribution in [0.3, 0.4) is 0 Å². The van der Waals surface area contributed by atoms with Crippen LogP contribution < -0.4 is 5.32 Å². The molecule has 2 rings (SSSR count). The summed E-state index contributed by atoms with van der Waals surface area (Å²) in [5.41, 5.74) is 4.11. The van der Waals surface area contributed by atoms with Gasteiger partial charge in [0.25, 0.3) is 5.91 Å². The summed E-state index contributed by atoms with van der Waals surface area (Å²) in [5, 5.41) is 3.97. The Hall–Kier alpha value is -2.12. The van der Waals surface area contributed by atoms with Crippen molar-refractivity contribution in [2.75, 3.05) is 11.6 Å². The van der Waals surface area contributed by atoms with Crippen molar-refractivity contribution in [3.05, 3.63) is 45.7 Å². The highest BCUT2D eigenvalue weighted by molar-refractivity contribution is 7.98. The molecule has 0 aliphatic heterocycles. The third-order valence-corrected chi connectivity index (χ3v) is 5.08. The molecular weight excluding hydrogens is 398 g/mol. The average Bonchev–Trinajstić information content (AvgIpc) is 2.63. The molecular formula is C20H24ClN3O3S. The Balaban J connectivity index is 1.92. The zero-order valence-electron chi connectivity index (χ0n) is 16.6. The molecule has 0 saturated carbocycles. The molecule has 0 saturated heterocycles. The molecule has 1 aromatic carbocycles. The van der Waals surface area contributed by atoms with E-state index >= 15 is 0 Å². The Morgan fingerprint density at radius 1 is 1.21 bits per heavy atom. The molecule has 0 aliphatic rings. The SMILES string of the molecule is CSc1nc(C)c(CCC(=O)O[C@H](C)C(=O)Nc2cc(Cl)ccc2C)c(C)n1. The number of nitrogens with zero attached hydrogens (tertiary/aromatic N) is 2. The first-order valence-electron chi connectivity index (χ1n) is 8.86. The lowest BCUT2D eigenvalue weighted by Gasteiger charge is -2.15. The largest absolute Gasteiger partial charge is 0.453 e. The van der Waals surface area contributed by atoms with Crippen molar-refractivity contribution in [2.45, 2.75) is 51.8 Å². The number of halogens is 1. The van der Waals surface area contributed by atoms with Crippen molar-refractivity contribution >= 4 is 40.9 Å². The van der Waals surface area contributed by atoms with Crippen LogP contribution in [0.15, 0.2) is 23.4 Å². The number of carbonyl (C=O) groups excluding carboxylic acids is 2. The molecule has 1 amide bonds. The summed E-state index contributed by atoms with van der Waals surface area (Å²) >= 11 is 7.44. The van der Waals surface area contributed by atoms with Crippen molar-refractivity contribution in [1.29, 1.82) is 0 Å². The van der Waals surface area contributed by atoms with E-state index in [-0.39, 0.29) is 6.42 Å². The second-order valence-electron chi connectivity index (χ2n) is 6.44. The summed E-state index contributed by atoms with van der Waals surface area (Å²) in [6, 6.07) is 5.21.